The number of rotatable bonds is 8. The fourth-order valence-corrected chi connectivity index (χ4v) is 2.57. The van der Waals surface area contributed by atoms with Crippen molar-refractivity contribution in [3.05, 3.63) is 24.3 Å². The fourth-order valence-electron chi connectivity index (χ4n) is 1.42. The second-order valence-electron chi connectivity index (χ2n) is 3.98. The van der Waals surface area contributed by atoms with Gasteiger partial charge in [-0.05, 0) is 18.6 Å². The van der Waals surface area contributed by atoms with Gasteiger partial charge in [-0.3, -0.25) is 4.21 Å². The molecule has 0 bridgehead atoms. The molecule has 0 radical (unpaired) electrons. The number of benzene rings is 1. The molecule has 0 fully saturated rings. The number of hydrogen-bond donors (Lipinski definition) is 1. The van der Waals surface area contributed by atoms with Gasteiger partial charge in [0.2, 0.25) is 0 Å². The van der Waals surface area contributed by atoms with E-state index in [9.17, 15) is 4.21 Å². The first-order chi connectivity index (χ1) is 8.67. The lowest BCUT2D eigenvalue weighted by atomic mass is 10.3. The van der Waals surface area contributed by atoms with Crippen molar-refractivity contribution in [1.82, 2.24) is 0 Å². The first-order valence-corrected chi connectivity index (χ1v) is 7.52. The van der Waals surface area contributed by atoms with Crippen LogP contribution in [0.5, 0.6) is 11.5 Å². The predicted octanol–water partition coefficient (Wildman–Crippen LogP) is 1.56. The van der Waals surface area contributed by atoms with Crippen molar-refractivity contribution < 1.29 is 13.7 Å². The highest BCUT2D eigenvalue weighted by Gasteiger charge is 2.07. The highest BCUT2D eigenvalue weighted by molar-refractivity contribution is 7.85. The molecule has 5 heteroatoms. The molecule has 2 unspecified atom stereocenters. The molecule has 0 amide bonds. The molecule has 0 saturated carbocycles. The van der Waals surface area contributed by atoms with E-state index < -0.39 is 10.8 Å². The van der Waals surface area contributed by atoms with Crippen LogP contribution in [0.4, 0.5) is 0 Å². The Balaban J connectivity index is 2.35. The van der Waals surface area contributed by atoms with E-state index in [-0.39, 0.29) is 6.04 Å². The zero-order valence-corrected chi connectivity index (χ0v) is 11.7. The van der Waals surface area contributed by atoms with E-state index in [0.29, 0.717) is 29.6 Å². The second-order valence-corrected chi connectivity index (χ2v) is 5.60. The molecule has 0 aliphatic heterocycles. The standard InChI is InChI=1S/C13H21NO3S/c1-3-11(14)10-18(15)9-8-17-13-7-5-4-6-12(13)16-2/h4-7,11H,3,8-10,14H2,1-2H3. The van der Waals surface area contributed by atoms with E-state index >= 15 is 0 Å². The molecule has 0 saturated heterocycles. The first kappa shape index (κ1) is 15.0. The van der Waals surface area contributed by atoms with E-state index in [4.69, 9.17) is 15.2 Å². The zero-order chi connectivity index (χ0) is 13.4. The van der Waals surface area contributed by atoms with Crippen molar-refractivity contribution in [2.75, 3.05) is 25.2 Å². The molecule has 0 heterocycles. The maximum absolute atomic E-state index is 11.7. The van der Waals surface area contributed by atoms with Crippen LogP contribution in [-0.4, -0.2) is 35.5 Å². The maximum Gasteiger partial charge on any atom is 0.161 e. The molecular weight excluding hydrogens is 250 g/mol. The normalized spacial score (nSPS) is 13.9. The molecule has 1 aromatic carbocycles. The number of ether oxygens (including phenoxy) is 2. The minimum atomic E-state index is -0.923. The monoisotopic (exact) mass is 271 g/mol. The van der Waals surface area contributed by atoms with Crippen molar-refractivity contribution in [1.29, 1.82) is 0 Å². The summed E-state index contributed by atoms with van der Waals surface area (Å²) in [6, 6.07) is 7.43. The van der Waals surface area contributed by atoms with Gasteiger partial charge < -0.3 is 15.2 Å². The van der Waals surface area contributed by atoms with Crippen LogP contribution in [0.2, 0.25) is 0 Å². The van der Waals surface area contributed by atoms with E-state index in [1.165, 1.54) is 0 Å². The Bertz CT molecular complexity index is 384. The van der Waals surface area contributed by atoms with Crippen LogP contribution in [0.25, 0.3) is 0 Å². The van der Waals surface area contributed by atoms with E-state index in [2.05, 4.69) is 0 Å². The Morgan fingerprint density at radius 1 is 1.33 bits per heavy atom. The number of methoxy groups -OCH3 is 1. The van der Waals surface area contributed by atoms with Crippen molar-refractivity contribution in [2.24, 2.45) is 5.73 Å². The van der Waals surface area contributed by atoms with Crippen LogP contribution in [0, 0.1) is 0 Å². The molecule has 0 aromatic heterocycles. The van der Waals surface area contributed by atoms with E-state index in [1.807, 2.05) is 31.2 Å². The number of nitrogens with two attached hydrogens (primary N) is 1. The molecular formula is C13H21NO3S. The third-order valence-electron chi connectivity index (χ3n) is 2.56. The Morgan fingerprint density at radius 2 is 2.00 bits per heavy atom. The lowest BCUT2D eigenvalue weighted by molar-refractivity contribution is 0.312. The van der Waals surface area contributed by atoms with Gasteiger partial charge >= 0.3 is 0 Å². The van der Waals surface area contributed by atoms with Crippen LogP contribution in [0.1, 0.15) is 13.3 Å². The van der Waals surface area contributed by atoms with Crippen molar-refractivity contribution >= 4 is 10.8 Å². The number of hydrogen-bond acceptors (Lipinski definition) is 4. The molecule has 1 rings (SSSR count). The van der Waals surface area contributed by atoms with Crippen molar-refractivity contribution in [3.63, 3.8) is 0 Å². The highest BCUT2D eigenvalue weighted by Crippen LogP contribution is 2.25. The molecule has 18 heavy (non-hydrogen) atoms. The summed E-state index contributed by atoms with van der Waals surface area (Å²) in [6.07, 6.45) is 0.846. The second kappa shape index (κ2) is 8.11. The molecule has 0 spiro atoms. The van der Waals surface area contributed by atoms with Crippen molar-refractivity contribution in [3.8, 4) is 11.5 Å². The number of para-hydroxylation sites is 2. The third kappa shape index (κ3) is 5.06. The average molecular weight is 271 g/mol. The molecule has 0 aliphatic rings. The Labute approximate surface area is 111 Å². The van der Waals surface area contributed by atoms with Gasteiger partial charge in [0.25, 0.3) is 0 Å². The van der Waals surface area contributed by atoms with Crippen LogP contribution in [-0.2, 0) is 10.8 Å². The summed E-state index contributed by atoms with van der Waals surface area (Å²) in [4.78, 5) is 0. The van der Waals surface area contributed by atoms with Gasteiger partial charge in [-0.1, -0.05) is 19.1 Å². The Hall–Kier alpha value is -1.07. The van der Waals surface area contributed by atoms with E-state index in [0.717, 1.165) is 6.42 Å². The molecule has 2 N–H and O–H groups in total. The van der Waals surface area contributed by atoms with Crippen LogP contribution >= 0.6 is 0 Å². The van der Waals surface area contributed by atoms with Gasteiger partial charge in [-0.2, -0.15) is 0 Å². The van der Waals surface area contributed by atoms with Crippen molar-refractivity contribution in [2.45, 2.75) is 19.4 Å². The quantitative estimate of drug-likeness (QED) is 0.779. The summed E-state index contributed by atoms with van der Waals surface area (Å²) in [5, 5.41) is 0. The minimum Gasteiger partial charge on any atom is -0.493 e. The summed E-state index contributed by atoms with van der Waals surface area (Å²) >= 11 is 0. The lowest BCUT2D eigenvalue weighted by Crippen LogP contribution is -2.28. The smallest absolute Gasteiger partial charge is 0.161 e. The molecule has 0 aliphatic carbocycles. The van der Waals surface area contributed by atoms with E-state index in [1.54, 1.807) is 7.11 Å². The Kier molecular flexibility index (Phi) is 6.75. The van der Waals surface area contributed by atoms with Gasteiger partial charge in [0, 0.05) is 22.6 Å². The van der Waals surface area contributed by atoms with Crippen LogP contribution < -0.4 is 15.2 Å². The summed E-state index contributed by atoms with van der Waals surface area (Å²) in [5.74, 6) is 2.39. The third-order valence-corrected chi connectivity index (χ3v) is 3.98. The van der Waals surface area contributed by atoms with Crippen LogP contribution in [0.3, 0.4) is 0 Å². The lowest BCUT2D eigenvalue weighted by Gasteiger charge is -2.11. The maximum atomic E-state index is 11.7. The summed E-state index contributed by atoms with van der Waals surface area (Å²) in [5.41, 5.74) is 5.75. The van der Waals surface area contributed by atoms with Gasteiger partial charge in [0.1, 0.15) is 0 Å². The molecule has 4 nitrogen and oxygen atoms in total. The summed E-state index contributed by atoms with van der Waals surface area (Å²) in [6.45, 7) is 2.40. The molecule has 2 atom stereocenters. The fraction of sp³-hybridized carbons (Fsp3) is 0.538. The summed E-state index contributed by atoms with van der Waals surface area (Å²) in [7, 11) is 0.675. The highest BCUT2D eigenvalue weighted by atomic mass is 32.2. The molecule has 1 aromatic rings. The molecule has 102 valence electrons. The largest absolute Gasteiger partial charge is 0.493 e. The predicted molar refractivity (Wildman–Crippen MR) is 74.6 cm³/mol. The first-order valence-electron chi connectivity index (χ1n) is 6.03. The SMILES string of the molecule is CCC(N)CS(=O)CCOc1ccccc1OC. The van der Waals surface area contributed by atoms with Gasteiger partial charge in [-0.15, -0.1) is 0 Å². The summed E-state index contributed by atoms with van der Waals surface area (Å²) < 4.78 is 22.4. The van der Waals surface area contributed by atoms with Crippen LogP contribution in [0.15, 0.2) is 24.3 Å². The van der Waals surface area contributed by atoms with Gasteiger partial charge in [-0.25, -0.2) is 0 Å². The van der Waals surface area contributed by atoms with Gasteiger partial charge in [0.05, 0.1) is 19.5 Å². The average Bonchev–Trinajstić information content (AvgIpc) is 2.39. The zero-order valence-electron chi connectivity index (χ0n) is 10.9. The Morgan fingerprint density at radius 3 is 2.61 bits per heavy atom. The van der Waals surface area contributed by atoms with Gasteiger partial charge in [0.15, 0.2) is 11.5 Å². The topological polar surface area (TPSA) is 61.6 Å². The minimum absolute atomic E-state index is 0.0112.